The van der Waals surface area contributed by atoms with Crippen molar-refractivity contribution < 1.29 is 14.2 Å². The van der Waals surface area contributed by atoms with Gasteiger partial charge in [-0.05, 0) is 42.4 Å². The zero-order chi connectivity index (χ0) is 21.2. The molecule has 0 aromatic heterocycles. The first-order valence-corrected chi connectivity index (χ1v) is 11.1. The zero-order valence-corrected chi connectivity index (χ0v) is 18.8. The average molecular weight is 419 g/mol. The van der Waals surface area contributed by atoms with Gasteiger partial charge in [-0.1, -0.05) is 18.6 Å². The minimum atomic E-state index is 0.254. The van der Waals surface area contributed by atoms with E-state index in [9.17, 15) is 0 Å². The lowest BCUT2D eigenvalue weighted by Gasteiger charge is -2.42. The van der Waals surface area contributed by atoms with E-state index in [0.29, 0.717) is 5.41 Å². The molecule has 0 bridgehead atoms. The minimum Gasteiger partial charge on any atom is -0.497 e. The molecule has 1 aromatic rings. The lowest BCUT2D eigenvalue weighted by atomic mass is 9.67. The number of methoxy groups -OCH3 is 2. The van der Waals surface area contributed by atoms with E-state index in [0.717, 1.165) is 64.1 Å². The van der Waals surface area contributed by atoms with Gasteiger partial charge in [0.1, 0.15) is 5.75 Å². The number of benzene rings is 1. The predicted molar refractivity (Wildman–Crippen MR) is 120 cm³/mol. The van der Waals surface area contributed by atoms with E-state index in [1.165, 1.54) is 24.8 Å². The average Bonchev–Trinajstić information content (AvgIpc) is 2.78. The molecule has 0 spiro atoms. The highest BCUT2D eigenvalue weighted by Crippen LogP contribution is 2.43. The smallest absolute Gasteiger partial charge is 0.191 e. The van der Waals surface area contributed by atoms with Crippen LogP contribution in [0.2, 0.25) is 0 Å². The summed E-state index contributed by atoms with van der Waals surface area (Å²) in [4.78, 5) is 6.95. The summed E-state index contributed by atoms with van der Waals surface area (Å²) in [7, 11) is 5.33. The van der Waals surface area contributed by atoms with Gasteiger partial charge >= 0.3 is 0 Å². The lowest BCUT2D eigenvalue weighted by molar-refractivity contribution is 0.0169. The van der Waals surface area contributed by atoms with Gasteiger partial charge in [0.15, 0.2) is 5.96 Å². The van der Waals surface area contributed by atoms with Crippen molar-refractivity contribution in [3.8, 4) is 5.75 Å². The third-order valence-corrected chi connectivity index (χ3v) is 6.56. The first-order chi connectivity index (χ1) is 14.7. The Hall–Kier alpha value is -1.83. The number of ether oxygens (including phenoxy) is 3. The highest BCUT2D eigenvalue weighted by Gasteiger charge is 2.36. The van der Waals surface area contributed by atoms with Gasteiger partial charge in [0.05, 0.1) is 26.4 Å². The fourth-order valence-electron chi connectivity index (χ4n) is 4.37. The van der Waals surface area contributed by atoms with Crippen molar-refractivity contribution in [2.24, 2.45) is 10.4 Å². The van der Waals surface area contributed by atoms with Crippen LogP contribution in [0.4, 0.5) is 0 Å². The van der Waals surface area contributed by atoms with Crippen molar-refractivity contribution >= 4 is 5.96 Å². The molecule has 1 aliphatic heterocycles. The molecular formula is C23H38N4O3. The second-order valence-electron chi connectivity index (χ2n) is 8.34. The van der Waals surface area contributed by atoms with Gasteiger partial charge in [0.2, 0.25) is 0 Å². The molecule has 1 heterocycles. The Labute approximate surface area is 181 Å². The summed E-state index contributed by atoms with van der Waals surface area (Å²) in [5, 5.41) is 7.13. The van der Waals surface area contributed by atoms with Gasteiger partial charge in [0, 0.05) is 46.9 Å². The van der Waals surface area contributed by atoms with Crippen LogP contribution in [-0.2, 0) is 9.47 Å². The van der Waals surface area contributed by atoms with Crippen LogP contribution in [0, 0.1) is 5.41 Å². The predicted octanol–water partition coefficient (Wildman–Crippen LogP) is 2.44. The van der Waals surface area contributed by atoms with Crippen molar-refractivity contribution in [3.05, 3.63) is 29.8 Å². The monoisotopic (exact) mass is 418 g/mol. The van der Waals surface area contributed by atoms with Crippen LogP contribution >= 0.6 is 0 Å². The van der Waals surface area contributed by atoms with E-state index in [-0.39, 0.29) is 6.04 Å². The molecule has 1 aliphatic carbocycles. The Balaban J connectivity index is 1.60. The number of guanidine groups is 1. The SMILES string of the molecule is CN=C(NCC(c1ccc(OC)cc1)N1CCOCC1)NCC1(CCOC)CCC1. The number of nitrogens with one attached hydrogen (secondary N) is 2. The van der Waals surface area contributed by atoms with Crippen LogP contribution < -0.4 is 15.4 Å². The van der Waals surface area contributed by atoms with Crippen molar-refractivity contribution in [1.82, 2.24) is 15.5 Å². The third kappa shape index (κ3) is 6.09. The molecule has 1 unspecified atom stereocenters. The van der Waals surface area contributed by atoms with Gasteiger partial charge in [0.25, 0.3) is 0 Å². The maximum atomic E-state index is 5.57. The van der Waals surface area contributed by atoms with E-state index in [1.807, 2.05) is 19.2 Å². The van der Waals surface area contributed by atoms with Crippen LogP contribution in [0.1, 0.15) is 37.3 Å². The van der Waals surface area contributed by atoms with Crippen molar-refractivity contribution in [2.75, 3.05) is 67.3 Å². The van der Waals surface area contributed by atoms with Crippen LogP contribution in [0.25, 0.3) is 0 Å². The minimum absolute atomic E-state index is 0.254. The molecule has 1 aromatic carbocycles. The molecule has 0 amide bonds. The largest absolute Gasteiger partial charge is 0.497 e. The quantitative estimate of drug-likeness (QED) is 0.449. The summed E-state index contributed by atoms with van der Waals surface area (Å²) in [6.07, 6.45) is 4.95. The Morgan fingerprint density at radius 2 is 1.90 bits per heavy atom. The number of nitrogens with zero attached hydrogens (tertiary/aromatic N) is 2. The van der Waals surface area contributed by atoms with Crippen LogP contribution in [0.5, 0.6) is 5.75 Å². The van der Waals surface area contributed by atoms with Crippen LogP contribution in [-0.4, -0.2) is 78.1 Å². The Kier molecular flexibility index (Phi) is 8.78. The van der Waals surface area contributed by atoms with E-state index in [1.54, 1.807) is 14.2 Å². The molecule has 1 saturated heterocycles. The molecular weight excluding hydrogens is 380 g/mol. The van der Waals surface area contributed by atoms with Gasteiger partial charge in [-0.2, -0.15) is 0 Å². The number of hydrogen-bond acceptors (Lipinski definition) is 5. The van der Waals surface area contributed by atoms with E-state index in [2.05, 4.69) is 32.7 Å². The first kappa shape index (κ1) is 22.8. The first-order valence-electron chi connectivity index (χ1n) is 11.1. The van der Waals surface area contributed by atoms with Gasteiger partial charge in [-0.3, -0.25) is 9.89 Å². The molecule has 168 valence electrons. The highest BCUT2D eigenvalue weighted by atomic mass is 16.5. The Morgan fingerprint density at radius 1 is 1.17 bits per heavy atom. The standard InChI is InChI=1S/C23H38N4O3/c1-24-22(26-18-23(9-4-10-23)11-14-28-2)25-17-21(27-12-15-30-16-13-27)19-5-7-20(29-3)8-6-19/h5-8,21H,4,9-18H2,1-3H3,(H2,24,25,26). The van der Waals surface area contributed by atoms with Gasteiger partial charge < -0.3 is 24.8 Å². The second-order valence-corrected chi connectivity index (χ2v) is 8.34. The van der Waals surface area contributed by atoms with Crippen LogP contribution in [0.15, 0.2) is 29.3 Å². The topological polar surface area (TPSA) is 67.4 Å². The summed E-state index contributed by atoms with van der Waals surface area (Å²) in [6.45, 7) is 5.99. The maximum absolute atomic E-state index is 5.57. The number of morpholine rings is 1. The zero-order valence-electron chi connectivity index (χ0n) is 18.8. The Morgan fingerprint density at radius 3 is 2.47 bits per heavy atom. The molecule has 1 atom stereocenters. The summed E-state index contributed by atoms with van der Waals surface area (Å²) in [5.74, 6) is 1.75. The normalized spacial score (nSPS) is 20.3. The number of hydrogen-bond donors (Lipinski definition) is 2. The molecule has 30 heavy (non-hydrogen) atoms. The fourth-order valence-corrected chi connectivity index (χ4v) is 4.37. The van der Waals surface area contributed by atoms with Crippen LogP contribution in [0.3, 0.4) is 0 Å². The summed E-state index contributed by atoms with van der Waals surface area (Å²) >= 11 is 0. The van der Waals surface area contributed by atoms with Crippen molar-refractivity contribution in [3.63, 3.8) is 0 Å². The van der Waals surface area contributed by atoms with Crippen molar-refractivity contribution in [2.45, 2.75) is 31.7 Å². The molecule has 2 N–H and O–H groups in total. The summed E-state index contributed by atoms with van der Waals surface area (Å²) < 4.78 is 16.2. The molecule has 1 saturated carbocycles. The molecule has 2 aliphatic rings. The summed E-state index contributed by atoms with van der Waals surface area (Å²) in [6, 6.07) is 8.64. The maximum Gasteiger partial charge on any atom is 0.191 e. The number of aliphatic imine (C=N–C) groups is 1. The molecule has 0 radical (unpaired) electrons. The van der Waals surface area contributed by atoms with Crippen molar-refractivity contribution in [1.29, 1.82) is 0 Å². The second kappa shape index (κ2) is 11.5. The van der Waals surface area contributed by atoms with E-state index in [4.69, 9.17) is 14.2 Å². The third-order valence-electron chi connectivity index (χ3n) is 6.56. The Bertz CT molecular complexity index is 655. The molecule has 7 heteroatoms. The molecule has 2 fully saturated rings. The fraction of sp³-hybridized carbons (Fsp3) is 0.696. The lowest BCUT2D eigenvalue weighted by Crippen LogP contribution is -2.49. The van der Waals surface area contributed by atoms with Gasteiger partial charge in [-0.25, -0.2) is 0 Å². The molecule has 3 rings (SSSR count). The van der Waals surface area contributed by atoms with E-state index >= 15 is 0 Å². The highest BCUT2D eigenvalue weighted by molar-refractivity contribution is 5.79. The molecule has 7 nitrogen and oxygen atoms in total. The number of rotatable bonds is 10. The van der Waals surface area contributed by atoms with E-state index < -0.39 is 0 Å². The summed E-state index contributed by atoms with van der Waals surface area (Å²) in [5.41, 5.74) is 1.63. The van der Waals surface area contributed by atoms with Gasteiger partial charge in [-0.15, -0.1) is 0 Å².